The van der Waals surface area contributed by atoms with Crippen molar-refractivity contribution >= 4 is 5.91 Å². The minimum absolute atomic E-state index is 0.00685. The van der Waals surface area contributed by atoms with Crippen molar-refractivity contribution in [1.82, 2.24) is 15.5 Å². The molecular weight excluding hydrogens is 362 g/mol. The third kappa shape index (κ3) is 4.14. The molecular formula is C19H21F4N3O. The highest BCUT2D eigenvalue weighted by molar-refractivity contribution is 5.79. The predicted molar refractivity (Wildman–Crippen MR) is 91.5 cm³/mol. The van der Waals surface area contributed by atoms with Crippen LogP contribution >= 0.6 is 0 Å². The molecule has 1 aliphatic carbocycles. The van der Waals surface area contributed by atoms with Crippen LogP contribution in [-0.2, 0) is 29.2 Å². The number of carbonyl (C=O) groups excluding carboxylic acids is 1. The highest BCUT2D eigenvalue weighted by Crippen LogP contribution is 2.36. The Morgan fingerprint density at radius 2 is 2.07 bits per heavy atom. The Kier molecular flexibility index (Phi) is 5.01. The number of amides is 1. The van der Waals surface area contributed by atoms with Crippen LogP contribution in [0, 0.1) is 11.7 Å². The summed E-state index contributed by atoms with van der Waals surface area (Å²) in [7, 11) is 0. The minimum Gasteiger partial charge on any atom is -0.355 e. The first-order chi connectivity index (χ1) is 12.6. The molecule has 1 heterocycles. The molecule has 146 valence electrons. The molecule has 4 nitrogen and oxygen atoms in total. The summed E-state index contributed by atoms with van der Waals surface area (Å²) in [4.78, 5) is 12.5. The maximum atomic E-state index is 13.4. The second kappa shape index (κ2) is 6.98. The molecule has 0 saturated heterocycles. The molecule has 0 aliphatic heterocycles. The smallest absolute Gasteiger partial charge is 0.355 e. The van der Waals surface area contributed by atoms with Crippen LogP contribution < -0.4 is 5.32 Å². The number of aromatic amines is 1. The average Bonchev–Trinajstić information content (AvgIpc) is 3.03. The third-order valence-corrected chi connectivity index (χ3v) is 5.10. The van der Waals surface area contributed by atoms with Crippen LogP contribution in [-0.4, -0.2) is 22.6 Å². The van der Waals surface area contributed by atoms with E-state index >= 15 is 0 Å². The van der Waals surface area contributed by atoms with Crippen LogP contribution in [0.2, 0.25) is 0 Å². The normalized spacial score (nSPS) is 17.5. The summed E-state index contributed by atoms with van der Waals surface area (Å²) in [5.74, 6) is -1.19. The number of hydrogen-bond acceptors (Lipinski definition) is 2. The van der Waals surface area contributed by atoms with Gasteiger partial charge < -0.3 is 5.32 Å². The Balaban J connectivity index is 1.67. The molecule has 0 saturated carbocycles. The van der Waals surface area contributed by atoms with Gasteiger partial charge in [0.05, 0.1) is 0 Å². The first-order valence-electron chi connectivity index (χ1n) is 8.75. The first kappa shape index (κ1) is 19.4. The molecule has 8 heteroatoms. The molecule has 2 aromatic rings. The summed E-state index contributed by atoms with van der Waals surface area (Å²) < 4.78 is 52.6. The maximum absolute atomic E-state index is 13.4. The molecule has 1 aromatic heterocycles. The zero-order valence-electron chi connectivity index (χ0n) is 15.1. The molecule has 0 unspecified atom stereocenters. The van der Waals surface area contributed by atoms with Gasteiger partial charge in [0, 0.05) is 29.1 Å². The van der Waals surface area contributed by atoms with Gasteiger partial charge in [-0.15, -0.1) is 0 Å². The fourth-order valence-electron chi connectivity index (χ4n) is 3.42. The molecule has 0 fully saturated rings. The maximum Gasteiger partial charge on any atom is 0.435 e. The number of nitrogens with zero attached hydrogens (tertiary/aromatic N) is 1. The molecule has 0 spiro atoms. The van der Waals surface area contributed by atoms with Gasteiger partial charge >= 0.3 is 6.18 Å². The summed E-state index contributed by atoms with van der Waals surface area (Å²) in [5.41, 5.74) is -0.174. The van der Waals surface area contributed by atoms with Gasteiger partial charge in [-0.25, -0.2) is 4.39 Å². The van der Waals surface area contributed by atoms with Crippen molar-refractivity contribution in [3.05, 3.63) is 52.6 Å². The van der Waals surface area contributed by atoms with Gasteiger partial charge in [-0.1, -0.05) is 26.0 Å². The zero-order chi connectivity index (χ0) is 19.8. The summed E-state index contributed by atoms with van der Waals surface area (Å²) in [6, 6.07) is 6.15. The van der Waals surface area contributed by atoms with Crippen LogP contribution in [0.3, 0.4) is 0 Å². The SMILES string of the molecule is CC(C)(CNC(=O)[C@H]1CCc2[nH]nc(C(F)(F)F)c2C1)c1cccc(F)c1. The minimum atomic E-state index is -4.54. The van der Waals surface area contributed by atoms with Crippen LogP contribution in [0.25, 0.3) is 0 Å². The monoisotopic (exact) mass is 383 g/mol. The highest BCUT2D eigenvalue weighted by atomic mass is 19.4. The molecule has 27 heavy (non-hydrogen) atoms. The van der Waals surface area contributed by atoms with Gasteiger partial charge in [-0.3, -0.25) is 9.89 Å². The van der Waals surface area contributed by atoms with E-state index in [-0.39, 0.29) is 30.3 Å². The van der Waals surface area contributed by atoms with E-state index in [1.54, 1.807) is 12.1 Å². The van der Waals surface area contributed by atoms with Crippen LogP contribution in [0.15, 0.2) is 24.3 Å². The number of benzene rings is 1. The van der Waals surface area contributed by atoms with Gasteiger partial charge in [-0.05, 0) is 37.0 Å². The van der Waals surface area contributed by atoms with Crippen LogP contribution in [0.1, 0.15) is 42.8 Å². The van der Waals surface area contributed by atoms with E-state index in [0.717, 1.165) is 5.56 Å². The lowest BCUT2D eigenvalue weighted by Gasteiger charge is -2.28. The van der Waals surface area contributed by atoms with Crippen LogP contribution in [0.5, 0.6) is 0 Å². The van der Waals surface area contributed by atoms with Gasteiger partial charge in [0.2, 0.25) is 5.91 Å². The fraction of sp³-hybridized carbons (Fsp3) is 0.474. The number of aromatic nitrogens is 2. The van der Waals surface area contributed by atoms with E-state index in [1.165, 1.54) is 12.1 Å². The van der Waals surface area contributed by atoms with E-state index in [2.05, 4.69) is 15.5 Å². The lowest BCUT2D eigenvalue weighted by molar-refractivity contribution is -0.142. The van der Waals surface area contributed by atoms with Crippen molar-refractivity contribution in [3.63, 3.8) is 0 Å². The van der Waals surface area contributed by atoms with Gasteiger partial charge in [0.15, 0.2) is 5.69 Å². The van der Waals surface area contributed by atoms with E-state index in [1.807, 2.05) is 13.8 Å². The number of halogens is 4. The number of hydrogen-bond donors (Lipinski definition) is 2. The Bertz CT molecular complexity index is 842. The van der Waals surface area contributed by atoms with E-state index in [0.29, 0.717) is 18.5 Å². The lowest BCUT2D eigenvalue weighted by atomic mass is 9.83. The number of alkyl halides is 3. The van der Waals surface area contributed by atoms with Gasteiger partial charge in [0.25, 0.3) is 0 Å². The summed E-state index contributed by atoms with van der Waals surface area (Å²) in [5, 5.41) is 8.64. The molecule has 1 aromatic carbocycles. The number of fused-ring (bicyclic) bond motifs is 1. The first-order valence-corrected chi connectivity index (χ1v) is 8.75. The molecule has 0 bridgehead atoms. The number of H-pyrrole nitrogens is 1. The van der Waals surface area contributed by atoms with Crippen molar-refractivity contribution < 1.29 is 22.4 Å². The van der Waals surface area contributed by atoms with E-state index in [9.17, 15) is 22.4 Å². The number of nitrogens with one attached hydrogen (secondary N) is 2. The van der Waals surface area contributed by atoms with Crippen molar-refractivity contribution in [1.29, 1.82) is 0 Å². The topological polar surface area (TPSA) is 57.8 Å². The lowest BCUT2D eigenvalue weighted by Crippen LogP contribution is -2.41. The quantitative estimate of drug-likeness (QED) is 0.790. The second-order valence-corrected chi connectivity index (χ2v) is 7.58. The molecule has 1 amide bonds. The number of aryl methyl sites for hydroxylation is 1. The number of carbonyl (C=O) groups is 1. The van der Waals surface area contributed by atoms with Crippen molar-refractivity contribution in [3.8, 4) is 0 Å². The molecule has 3 rings (SSSR count). The van der Waals surface area contributed by atoms with E-state index in [4.69, 9.17) is 0 Å². The van der Waals surface area contributed by atoms with Crippen LogP contribution in [0.4, 0.5) is 17.6 Å². The average molecular weight is 383 g/mol. The predicted octanol–water partition coefficient (Wildman–Crippen LogP) is 3.77. The Labute approximate surface area is 154 Å². The van der Waals surface area contributed by atoms with Crippen molar-refractivity contribution in [2.75, 3.05) is 6.54 Å². The Morgan fingerprint density at radius 1 is 1.33 bits per heavy atom. The number of rotatable bonds is 4. The molecule has 2 N–H and O–H groups in total. The Hall–Kier alpha value is -2.38. The molecule has 1 aliphatic rings. The standard InChI is InChI=1S/C19H21F4N3O/c1-18(2,12-4-3-5-13(20)9-12)10-24-17(27)11-6-7-15-14(8-11)16(26-25-15)19(21,22)23/h3-5,9,11H,6-8,10H2,1-2H3,(H,24,27)(H,25,26)/t11-/m0/s1. The van der Waals surface area contributed by atoms with E-state index < -0.39 is 23.2 Å². The molecule has 1 atom stereocenters. The van der Waals surface area contributed by atoms with Gasteiger partial charge in [-0.2, -0.15) is 18.3 Å². The van der Waals surface area contributed by atoms with Crippen molar-refractivity contribution in [2.24, 2.45) is 5.92 Å². The Morgan fingerprint density at radius 3 is 2.74 bits per heavy atom. The molecule has 0 radical (unpaired) electrons. The van der Waals surface area contributed by atoms with Crippen molar-refractivity contribution in [2.45, 2.75) is 44.7 Å². The van der Waals surface area contributed by atoms with Gasteiger partial charge in [0.1, 0.15) is 5.82 Å². The zero-order valence-corrected chi connectivity index (χ0v) is 15.1. The third-order valence-electron chi connectivity index (χ3n) is 5.10. The summed E-state index contributed by atoms with van der Waals surface area (Å²) >= 11 is 0. The fourth-order valence-corrected chi connectivity index (χ4v) is 3.42. The highest BCUT2D eigenvalue weighted by Gasteiger charge is 2.40. The second-order valence-electron chi connectivity index (χ2n) is 7.58. The largest absolute Gasteiger partial charge is 0.435 e. The summed E-state index contributed by atoms with van der Waals surface area (Å²) in [6.45, 7) is 4.01. The summed E-state index contributed by atoms with van der Waals surface area (Å²) in [6.07, 6.45) is -3.72.